The number of nitrogens with one attached hydrogen (secondary N) is 2. The summed E-state index contributed by atoms with van der Waals surface area (Å²) in [6.45, 7) is 0.173. The number of rotatable bonds is 8. The summed E-state index contributed by atoms with van der Waals surface area (Å²) < 4.78 is 41.8. The second-order valence-electron chi connectivity index (χ2n) is 6.64. The van der Waals surface area contributed by atoms with E-state index in [-0.39, 0.29) is 13.0 Å². The molecule has 0 fully saturated rings. The monoisotopic (exact) mass is 446 g/mol. The highest BCUT2D eigenvalue weighted by Crippen LogP contribution is 2.15. The lowest BCUT2D eigenvalue weighted by Crippen LogP contribution is -2.47. The molecule has 0 saturated heterocycles. The molecule has 0 radical (unpaired) electrons. The molecular formula is C22H20ClFN2O3S. The average molecular weight is 447 g/mol. The molecule has 1 unspecified atom stereocenters. The van der Waals surface area contributed by atoms with Gasteiger partial charge in [0.05, 0.1) is 0 Å². The van der Waals surface area contributed by atoms with E-state index < -0.39 is 32.7 Å². The van der Waals surface area contributed by atoms with Crippen molar-refractivity contribution < 1.29 is 17.6 Å². The molecule has 0 bridgehead atoms. The summed E-state index contributed by atoms with van der Waals surface area (Å²) in [5.74, 6) is -1.42. The van der Waals surface area contributed by atoms with Crippen LogP contribution in [0.3, 0.4) is 0 Å². The van der Waals surface area contributed by atoms with E-state index in [1.54, 1.807) is 48.5 Å². The third-order valence-corrected chi connectivity index (χ3v) is 6.12. The second kappa shape index (κ2) is 9.84. The van der Waals surface area contributed by atoms with Crippen LogP contribution >= 0.6 is 11.6 Å². The number of sulfonamides is 1. The van der Waals surface area contributed by atoms with Crippen molar-refractivity contribution in [3.05, 3.63) is 101 Å². The predicted molar refractivity (Wildman–Crippen MR) is 114 cm³/mol. The van der Waals surface area contributed by atoms with Gasteiger partial charge in [-0.05, 0) is 41.8 Å². The summed E-state index contributed by atoms with van der Waals surface area (Å²) >= 11 is 5.96. The van der Waals surface area contributed by atoms with Gasteiger partial charge in [0.25, 0.3) is 0 Å². The van der Waals surface area contributed by atoms with Gasteiger partial charge in [-0.15, -0.1) is 0 Å². The van der Waals surface area contributed by atoms with Gasteiger partial charge >= 0.3 is 0 Å². The Bertz CT molecular complexity index is 1120. The largest absolute Gasteiger partial charge is 0.351 e. The molecule has 0 aliphatic carbocycles. The Kier molecular flexibility index (Phi) is 7.20. The Hall–Kier alpha value is -2.74. The quantitative estimate of drug-likeness (QED) is 0.554. The van der Waals surface area contributed by atoms with Gasteiger partial charge in [0.1, 0.15) is 16.8 Å². The van der Waals surface area contributed by atoms with E-state index in [1.165, 1.54) is 12.1 Å². The minimum atomic E-state index is -4.25. The van der Waals surface area contributed by atoms with Gasteiger partial charge in [-0.2, -0.15) is 4.72 Å². The molecule has 0 heterocycles. The van der Waals surface area contributed by atoms with Gasteiger partial charge in [-0.1, -0.05) is 66.2 Å². The molecule has 0 spiro atoms. The average Bonchev–Trinajstić information content (AvgIpc) is 2.72. The van der Waals surface area contributed by atoms with Gasteiger partial charge in [0, 0.05) is 11.6 Å². The minimum Gasteiger partial charge on any atom is -0.351 e. The first-order valence-electron chi connectivity index (χ1n) is 9.18. The number of amides is 1. The van der Waals surface area contributed by atoms with Crippen LogP contribution in [0, 0.1) is 5.82 Å². The third-order valence-electron chi connectivity index (χ3n) is 4.38. The zero-order valence-electron chi connectivity index (χ0n) is 15.9. The lowest BCUT2D eigenvalue weighted by molar-refractivity contribution is -0.122. The normalized spacial score (nSPS) is 12.3. The molecular weight excluding hydrogens is 427 g/mol. The van der Waals surface area contributed by atoms with Crippen molar-refractivity contribution in [1.29, 1.82) is 0 Å². The maximum Gasteiger partial charge on any atom is 0.244 e. The molecule has 1 atom stereocenters. The van der Waals surface area contributed by atoms with Gasteiger partial charge in [0.15, 0.2) is 0 Å². The first-order chi connectivity index (χ1) is 14.3. The molecule has 3 aromatic carbocycles. The van der Waals surface area contributed by atoms with Gasteiger partial charge in [-0.25, -0.2) is 12.8 Å². The van der Waals surface area contributed by atoms with E-state index in [4.69, 9.17) is 11.6 Å². The molecule has 0 aliphatic rings. The van der Waals surface area contributed by atoms with Crippen LogP contribution in [0.25, 0.3) is 0 Å². The number of benzene rings is 3. The lowest BCUT2D eigenvalue weighted by Gasteiger charge is -2.19. The molecule has 30 heavy (non-hydrogen) atoms. The highest BCUT2D eigenvalue weighted by Gasteiger charge is 2.27. The molecule has 0 aliphatic heterocycles. The van der Waals surface area contributed by atoms with Crippen molar-refractivity contribution in [2.45, 2.75) is 23.9 Å². The minimum absolute atomic E-state index is 0.107. The highest BCUT2D eigenvalue weighted by atomic mass is 35.5. The number of halogens is 2. The van der Waals surface area contributed by atoms with Crippen LogP contribution in [0.5, 0.6) is 0 Å². The van der Waals surface area contributed by atoms with E-state index in [1.807, 2.05) is 6.07 Å². The van der Waals surface area contributed by atoms with Crippen LogP contribution in [-0.2, 0) is 27.8 Å². The van der Waals surface area contributed by atoms with Gasteiger partial charge in [0.2, 0.25) is 15.9 Å². The van der Waals surface area contributed by atoms with Crippen molar-refractivity contribution >= 4 is 27.5 Å². The highest BCUT2D eigenvalue weighted by molar-refractivity contribution is 7.89. The summed E-state index contributed by atoms with van der Waals surface area (Å²) in [6, 6.07) is 19.8. The zero-order valence-corrected chi connectivity index (χ0v) is 17.5. The summed E-state index contributed by atoms with van der Waals surface area (Å²) in [5, 5.41) is 3.25. The van der Waals surface area contributed by atoms with Crippen molar-refractivity contribution in [1.82, 2.24) is 10.0 Å². The van der Waals surface area contributed by atoms with E-state index in [0.29, 0.717) is 5.02 Å². The van der Waals surface area contributed by atoms with E-state index in [2.05, 4.69) is 10.0 Å². The number of hydrogen-bond acceptors (Lipinski definition) is 3. The van der Waals surface area contributed by atoms with Crippen molar-refractivity contribution in [2.75, 3.05) is 0 Å². The topological polar surface area (TPSA) is 75.3 Å². The Morgan fingerprint density at radius 1 is 0.933 bits per heavy atom. The van der Waals surface area contributed by atoms with Crippen LogP contribution < -0.4 is 10.0 Å². The zero-order chi connectivity index (χ0) is 21.6. The maximum absolute atomic E-state index is 14.0. The fraction of sp³-hybridized carbons (Fsp3) is 0.136. The molecule has 3 aromatic rings. The van der Waals surface area contributed by atoms with Crippen LogP contribution in [0.15, 0.2) is 83.8 Å². The molecule has 5 nitrogen and oxygen atoms in total. The first-order valence-corrected chi connectivity index (χ1v) is 11.0. The second-order valence-corrected chi connectivity index (χ2v) is 8.76. The fourth-order valence-corrected chi connectivity index (χ4v) is 4.40. The summed E-state index contributed by atoms with van der Waals surface area (Å²) in [5.41, 5.74) is 1.53. The molecule has 2 N–H and O–H groups in total. The standard InChI is InChI=1S/C22H20ClFN2O3S/c23-18-10-6-9-17(13-18)15-25-22(27)20(14-16-7-2-1-3-8-16)26-30(28,29)21-12-5-4-11-19(21)24/h1-13,20,26H,14-15H2,(H,25,27). The molecule has 3 rings (SSSR count). The molecule has 156 valence electrons. The number of carbonyl (C=O) groups is 1. The Morgan fingerprint density at radius 2 is 1.60 bits per heavy atom. The number of carbonyl (C=O) groups excluding carboxylic acids is 1. The maximum atomic E-state index is 14.0. The van der Waals surface area contributed by atoms with Crippen LogP contribution in [0.1, 0.15) is 11.1 Å². The van der Waals surface area contributed by atoms with E-state index in [0.717, 1.165) is 23.3 Å². The molecule has 8 heteroatoms. The summed E-state index contributed by atoms with van der Waals surface area (Å²) in [6.07, 6.45) is 0.107. The molecule has 0 saturated carbocycles. The van der Waals surface area contributed by atoms with Gasteiger partial charge in [-0.3, -0.25) is 4.79 Å². The Balaban J connectivity index is 1.81. The van der Waals surface area contributed by atoms with Gasteiger partial charge < -0.3 is 5.32 Å². The fourth-order valence-electron chi connectivity index (χ4n) is 2.91. The number of hydrogen-bond donors (Lipinski definition) is 2. The van der Waals surface area contributed by atoms with E-state index in [9.17, 15) is 17.6 Å². The SMILES string of the molecule is O=C(NCc1cccc(Cl)c1)C(Cc1ccccc1)NS(=O)(=O)c1ccccc1F. The van der Waals surface area contributed by atoms with Crippen LogP contribution in [0.2, 0.25) is 5.02 Å². The lowest BCUT2D eigenvalue weighted by atomic mass is 10.1. The van der Waals surface area contributed by atoms with Crippen molar-refractivity contribution in [3.63, 3.8) is 0 Å². The van der Waals surface area contributed by atoms with Crippen molar-refractivity contribution in [3.8, 4) is 0 Å². The van der Waals surface area contributed by atoms with E-state index >= 15 is 0 Å². The summed E-state index contributed by atoms with van der Waals surface area (Å²) in [4.78, 5) is 12.3. The summed E-state index contributed by atoms with van der Waals surface area (Å²) in [7, 11) is -4.25. The molecule has 1 amide bonds. The molecule has 0 aromatic heterocycles. The van der Waals surface area contributed by atoms with Crippen LogP contribution in [0.4, 0.5) is 4.39 Å². The Morgan fingerprint density at radius 3 is 2.30 bits per heavy atom. The Labute approximate surface area is 179 Å². The third kappa shape index (κ3) is 5.89. The predicted octanol–water partition coefficient (Wildman–Crippen LogP) is 3.69. The van der Waals surface area contributed by atoms with Crippen molar-refractivity contribution in [2.24, 2.45) is 0 Å². The van der Waals surface area contributed by atoms with Crippen LogP contribution in [-0.4, -0.2) is 20.4 Å². The smallest absolute Gasteiger partial charge is 0.244 e. The first kappa shape index (κ1) is 22.0.